The van der Waals surface area contributed by atoms with E-state index in [1.165, 1.54) is 6.92 Å². The second kappa shape index (κ2) is 6.55. The van der Waals surface area contributed by atoms with E-state index >= 15 is 0 Å². The number of carbonyl (C=O) groups is 2. The largest absolute Gasteiger partial charge is 0.325 e. The first kappa shape index (κ1) is 14.7. The van der Waals surface area contributed by atoms with Crippen molar-refractivity contribution in [1.29, 1.82) is 0 Å². The Kier molecular flexibility index (Phi) is 5.35. The highest BCUT2D eigenvalue weighted by Crippen LogP contribution is 2.24. The predicted octanol–water partition coefficient (Wildman–Crippen LogP) is 3.92. The van der Waals surface area contributed by atoms with Crippen LogP contribution >= 0.6 is 11.6 Å². The number of benzene rings is 1. The summed E-state index contributed by atoms with van der Waals surface area (Å²) in [7, 11) is 0. The molecule has 1 N–H and O–H groups in total. The minimum absolute atomic E-state index is 0.0259. The summed E-state index contributed by atoms with van der Waals surface area (Å²) in [5, 5.41) is 3.23. The second-order valence-corrected chi connectivity index (χ2v) is 4.66. The summed E-state index contributed by atoms with van der Waals surface area (Å²) in [5.74, 6) is -0.130. The smallest absolute Gasteiger partial charge is 0.227 e. The van der Waals surface area contributed by atoms with Crippen LogP contribution in [-0.2, 0) is 4.79 Å². The van der Waals surface area contributed by atoms with Crippen LogP contribution in [0.5, 0.6) is 0 Å². The number of nitrogens with one attached hydrogen (secondary N) is 1. The van der Waals surface area contributed by atoms with Gasteiger partial charge in [0.25, 0.3) is 0 Å². The molecule has 0 saturated carbocycles. The predicted molar refractivity (Wildman–Crippen MR) is 74.2 cm³/mol. The van der Waals surface area contributed by atoms with Crippen molar-refractivity contribution in [3.8, 4) is 0 Å². The van der Waals surface area contributed by atoms with Gasteiger partial charge in [0.2, 0.25) is 5.91 Å². The number of rotatable bonds is 5. The standard InChI is InChI=1S/C14H18ClNO2/c1-4-10(5-2)14(18)16-13-8-11(9(3)17)6-7-12(13)15/h6-8,10H,4-5H2,1-3H3,(H,16,18). The van der Waals surface area contributed by atoms with Crippen LogP contribution in [-0.4, -0.2) is 11.7 Å². The topological polar surface area (TPSA) is 46.2 Å². The van der Waals surface area contributed by atoms with E-state index in [1.807, 2.05) is 13.8 Å². The first-order chi connectivity index (χ1) is 8.49. The van der Waals surface area contributed by atoms with Gasteiger partial charge >= 0.3 is 0 Å². The van der Waals surface area contributed by atoms with E-state index in [1.54, 1.807) is 18.2 Å². The van der Waals surface area contributed by atoms with Crippen LogP contribution in [0, 0.1) is 5.92 Å². The Balaban J connectivity index is 2.93. The summed E-state index contributed by atoms with van der Waals surface area (Å²) in [6.07, 6.45) is 1.57. The van der Waals surface area contributed by atoms with Gasteiger partial charge in [-0.1, -0.05) is 25.4 Å². The Morgan fingerprint density at radius 1 is 1.28 bits per heavy atom. The molecule has 0 aliphatic rings. The molecule has 0 saturated heterocycles. The third-order valence-electron chi connectivity index (χ3n) is 2.99. The maximum Gasteiger partial charge on any atom is 0.227 e. The Bertz CT molecular complexity index is 453. The van der Waals surface area contributed by atoms with E-state index < -0.39 is 0 Å². The lowest BCUT2D eigenvalue weighted by Gasteiger charge is -2.14. The monoisotopic (exact) mass is 267 g/mol. The Morgan fingerprint density at radius 3 is 2.39 bits per heavy atom. The van der Waals surface area contributed by atoms with E-state index in [-0.39, 0.29) is 17.6 Å². The second-order valence-electron chi connectivity index (χ2n) is 4.25. The number of ketones is 1. The molecule has 0 spiro atoms. The lowest BCUT2D eigenvalue weighted by atomic mass is 10.0. The lowest BCUT2D eigenvalue weighted by Crippen LogP contribution is -2.22. The molecular formula is C14H18ClNO2. The van der Waals surface area contributed by atoms with Gasteiger partial charge < -0.3 is 5.32 Å². The van der Waals surface area contributed by atoms with E-state index in [0.717, 1.165) is 12.8 Å². The zero-order valence-electron chi connectivity index (χ0n) is 10.9. The molecule has 0 aromatic heterocycles. The fraction of sp³-hybridized carbons (Fsp3) is 0.429. The number of Topliss-reactive ketones (excluding diaryl/α,β-unsaturated/α-hetero) is 1. The average Bonchev–Trinajstić information content (AvgIpc) is 2.33. The van der Waals surface area contributed by atoms with Gasteiger partial charge in [-0.2, -0.15) is 0 Å². The summed E-state index contributed by atoms with van der Waals surface area (Å²) in [4.78, 5) is 23.2. The molecule has 1 rings (SSSR count). The molecule has 0 heterocycles. The number of hydrogen-bond acceptors (Lipinski definition) is 2. The molecule has 0 fully saturated rings. The summed E-state index contributed by atoms with van der Waals surface area (Å²) < 4.78 is 0. The van der Waals surface area contributed by atoms with Gasteiger partial charge in [0.1, 0.15) is 0 Å². The third kappa shape index (κ3) is 3.57. The number of halogens is 1. The molecule has 4 heteroatoms. The van der Waals surface area contributed by atoms with Gasteiger partial charge in [-0.3, -0.25) is 9.59 Å². The average molecular weight is 268 g/mol. The van der Waals surface area contributed by atoms with Crippen LogP contribution in [0.15, 0.2) is 18.2 Å². The van der Waals surface area contributed by atoms with E-state index in [9.17, 15) is 9.59 Å². The van der Waals surface area contributed by atoms with Gasteiger partial charge in [-0.15, -0.1) is 0 Å². The fourth-order valence-corrected chi connectivity index (χ4v) is 1.90. The fourth-order valence-electron chi connectivity index (χ4n) is 1.73. The molecule has 1 aromatic carbocycles. The van der Waals surface area contributed by atoms with Crippen molar-refractivity contribution in [2.75, 3.05) is 5.32 Å². The highest BCUT2D eigenvalue weighted by atomic mass is 35.5. The summed E-state index contributed by atoms with van der Waals surface area (Å²) in [6, 6.07) is 4.89. The zero-order chi connectivity index (χ0) is 13.7. The molecular weight excluding hydrogens is 250 g/mol. The number of hydrogen-bond donors (Lipinski definition) is 1. The Morgan fingerprint density at radius 2 is 1.89 bits per heavy atom. The van der Waals surface area contributed by atoms with Crippen molar-refractivity contribution in [1.82, 2.24) is 0 Å². The van der Waals surface area contributed by atoms with Crippen molar-refractivity contribution >= 4 is 29.0 Å². The quantitative estimate of drug-likeness (QED) is 0.822. The van der Waals surface area contributed by atoms with E-state index in [2.05, 4.69) is 5.32 Å². The van der Waals surface area contributed by atoms with Crippen LogP contribution in [0.1, 0.15) is 44.0 Å². The van der Waals surface area contributed by atoms with Crippen molar-refractivity contribution in [3.63, 3.8) is 0 Å². The molecule has 98 valence electrons. The summed E-state index contributed by atoms with van der Waals surface area (Å²) >= 11 is 6.01. The van der Waals surface area contributed by atoms with Gasteiger partial charge in [-0.05, 0) is 38.0 Å². The van der Waals surface area contributed by atoms with E-state index in [4.69, 9.17) is 11.6 Å². The molecule has 0 unspecified atom stereocenters. The normalized spacial score (nSPS) is 10.5. The van der Waals surface area contributed by atoms with Crippen molar-refractivity contribution in [2.45, 2.75) is 33.6 Å². The SMILES string of the molecule is CCC(CC)C(=O)Nc1cc(C(C)=O)ccc1Cl. The first-order valence-electron chi connectivity index (χ1n) is 6.10. The van der Waals surface area contributed by atoms with Crippen molar-refractivity contribution in [3.05, 3.63) is 28.8 Å². The number of amides is 1. The molecule has 3 nitrogen and oxygen atoms in total. The van der Waals surface area contributed by atoms with Crippen LogP contribution in [0.2, 0.25) is 5.02 Å². The maximum absolute atomic E-state index is 12.0. The van der Waals surface area contributed by atoms with Crippen LogP contribution in [0.3, 0.4) is 0 Å². The van der Waals surface area contributed by atoms with E-state index in [0.29, 0.717) is 16.3 Å². The van der Waals surface area contributed by atoms with Crippen molar-refractivity contribution < 1.29 is 9.59 Å². The molecule has 0 aliphatic heterocycles. The van der Waals surface area contributed by atoms with Gasteiger partial charge in [0.15, 0.2) is 5.78 Å². The zero-order valence-corrected chi connectivity index (χ0v) is 11.7. The summed E-state index contributed by atoms with van der Waals surface area (Å²) in [6.45, 7) is 5.43. The molecule has 0 bridgehead atoms. The summed E-state index contributed by atoms with van der Waals surface area (Å²) in [5.41, 5.74) is 1.04. The minimum Gasteiger partial charge on any atom is -0.325 e. The Labute approximate surface area is 113 Å². The molecule has 18 heavy (non-hydrogen) atoms. The van der Waals surface area contributed by atoms with Gasteiger partial charge in [-0.25, -0.2) is 0 Å². The lowest BCUT2D eigenvalue weighted by molar-refractivity contribution is -0.120. The molecule has 0 atom stereocenters. The highest BCUT2D eigenvalue weighted by Gasteiger charge is 2.15. The number of carbonyl (C=O) groups excluding carboxylic acids is 2. The molecule has 1 aromatic rings. The molecule has 0 radical (unpaired) electrons. The number of anilines is 1. The van der Waals surface area contributed by atoms with Gasteiger partial charge in [0, 0.05) is 11.5 Å². The molecule has 0 aliphatic carbocycles. The van der Waals surface area contributed by atoms with Gasteiger partial charge in [0.05, 0.1) is 10.7 Å². The minimum atomic E-state index is -0.0531. The highest BCUT2D eigenvalue weighted by molar-refractivity contribution is 6.33. The first-order valence-corrected chi connectivity index (χ1v) is 6.48. The van der Waals surface area contributed by atoms with Crippen LogP contribution < -0.4 is 5.32 Å². The molecule has 1 amide bonds. The van der Waals surface area contributed by atoms with Crippen LogP contribution in [0.25, 0.3) is 0 Å². The van der Waals surface area contributed by atoms with Crippen molar-refractivity contribution in [2.24, 2.45) is 5.92 Å². The Hall–Kier alpha value is -1.35. The third-order valence-corrected chi connectivity index (χ3v) is 3.32. The maximum atomic E-state index is 12.0. The van der Waals surface area contributed by atoms with Crippen LogP contribution in [0.4, 0.5) is 5.69 Å².